The minimum absolute atomic E-state index is 0.134. The molecule has 0 aromatic heterocycles. The fourth-order valence-corrected chi connectivity index (χ4v) is 3.02. The summed E-state index contributed by atoms with van der Waals surface area (Å²) in [6.45, 7) is 12.8. The summed E-state index contributed by atoms with van der Waals surface area (Å²) < 4.78 is 5.38. The molecule has 3 nitrogen and oxygen atoms in total. The van der Waals surface area contributed by atoms with Crippen molar-refractivity contribution in [2.75, 3.05) is 20.2 Å². The van der Waals surface area contributed by atoms with Crippen LogP contribution in [-0.2, 0) is 4.74 Å². The summed E-state index contributed by atoms with van der Waals surface area (Å²) in [6.07, 6.45) is 1.21. The van der Waals surface area contributed by atoms with Gasteiger partial charge in [0.25, 0.3) is 0 Å². The Kier molecular flexibility index (Phi) is 4.90. The van der Waals surface area contributed by atoms with Gasteiger partial charge in [0, 0.05) is 18.9 Å². The Hall–Kier alpha value is -0.220. The van der Waals surface area contributed by atoms with Gasteiger partial charge in [0.2, 0.25) is 0 Å². The highest BCUT2D eigenvalue weighted by atomic mass is 32.2. The number of thioether (sulfide) groups is 1. The molecule has 1 rings (SSSR count). The number of aliphatic imine (C=N–C) groups is 1. The summed E-state index contributed by atoms with van der Waals surface area (Å²) in [5.41, 5.74) is 0.250. The molecule has 4 heteroatoms. The third kappa shape index (κ3) is 5.77. The van der Waals surface area contributed by atoms with Gasteiger partial charge in [-0.2, -0.15) is 0 Å². The van der Waals surface area contributed by atoms with E-state index >= 15 is 0 Å². The lowest BCUT2D eigenvalue weighted by Gasteiger charge is -2.24. The van der Waals surface area contributed by atoms with Crippen LogP contribution in [0.1, 0.15) is 41.0 Å². The Bertz CT molecular complexity index is 282. The van der Waals surface area contributed by atoms with Crippen molar-refractivity contribution in [3.63, 3.8) is 0 Å². The zero-order valence-electron chi connectivity index (χ0n) is 12.0. The van der Waals surface area contributed by atoms with Crippen molar-refractivity contribution in [3.8, 4) is 0 Å². The number of nitrogens with one attached hydrogen (secondary N) is 1. The average Bonchev–Trinajstić information content (AvgIpc) is 2.60. The van der Waals surface area contributed by atoms with E-state index in [0.717, 1.165) is 18.3 Å². The SMILES string of the molecule is COC(C)(C)CNC1=NCC(CC(C)(C)C)S1. The van der Waals surface area contributed by atoms with E-state index in [1.165, 1.54) is 6.42 Å². The second kappa shape index (κ2) is 5.61. The third-order valence-corrected chi connectivity index (χ3v) is 3.92. The molecule has 0 saturated carbocycles. The van der Waals surface area contributed by atoms with Crippen LogP contribution >= 0.6 is 11.8 Å². The molecule has 0 spiro atoms. The molecule has 1 aliphatic rings. The third-order valence-electron chi connectivity index (χ3n) is 2.77. The molecule has 1 atom stereocenters. The highest BCUT2D eigenvalue weighted by molar-refractivity contribution is 8.14. The predicted molar refractivity (Wildman–Crippen MR) is 76.8 cm³/mol. The fraction of sp³-hybridized carbons (Fsp3) is 0.923. The van der Waals surface area contributed by atoms with Crippen molar-refractivity contribution in [2.24, 2.45) is 10.4 Å². The van der Waals surface area contributed by atoms with Gasteiger partial charge in [0.1, 0.15) is 0 Å². The smallest absolute Gasteiger partial charge is 0.157 e. The predicted octanol–water partition coefficient (Wildman–Crippen LogP) is 2.91. The summed E-state index contributed by atoms with van der Waals surface area (Å²) in [4.78, 5) is 4.55. The Labute approximate surface area is 110 Å². The van der Waals surface area contributed by atoms with E-state index in [2.05, 4.69) is 44.9 Å². The van der Waals surface area contributed by atoms with E-state index in [4.69, 9.17) is 4.74 Å². The highest BCUT2D eigenvalue weighted by Crippen LogP contribution is 2.31. The van der Waals surface area contributed by atoms with Gasteiger partial charge in [-0.15, -0.1) is 0 Å². The second-order valence-electron chi connectivity index (χ2n) is 6.47. The quantitative estimate of drug-likeness (QED) is 0.842. The molecule has 0 aromatic rings. The first-order valence-corrected chi connectivity index (χ1v) is 7.10. The van der Waals surface area contributed by atoms with E-state index in [1.54, 1.807) is 7.11 Å². The zero-order chi connectivity index (χ0) is 13.1. The standard InChI is InChI=1S/C13H26N2OS/c1-12(2,3)7-10-8-14-11(17-10)15-9-13(4,5)16-6/h10H,7-9H2,1-6H3,(H,14,15). The number of rotatable bonds is 4. The molecule has 0 aliphatic carbocycles. The van der Waals surface area contributed by atoms with E-state index in [9.17, 15) is 0 Å². The summed E-state index contributed by atoms with van der Waals surface area (Å²) >= 11 is 1.87. The Morgan fingerprint density at radius 2 is 2.00 bits per heavy atom. The summed E-state index contributed by atoms with van der Waals surface area (Å²) in [6, 6.07) is 0. The van der Waals surface area contributed by atoms with E-state index in [-0.39, 0.29) is 5.60 Å². The van der Waals surface area contributed by atoms with Crippen molar-refractivity contribution < 1.29 is 4.74 Å². The van der Waals surface area contributed by atoms with Gasteiger partial charge in [-0.1, -0.05) is 32.5 Å². The highest BCUT2D eigenvalue weighted by Gasteiger charge is 2.26. The van der Waals surface area contributed by atoms with Crippen LogP contribution < -0.4 is 5.32 Å². The number of amidine groups is 1. The fourth-order valence-electron chi connectivity index (χ4n) is 1.66. The minimum atomic E-state index is -0.134. The lowest BCUT2D eigenvalue weighted by Crippen LogP contribution is -2.38. The molecule has 0 aromatic carbocycles. The Morgan fingerprint density at radius 3 is 2.53 bits per heavy atom. The molecular weight excluding hydrogens is 232 g/mol. The molecule has 1 heterocycles. The maximum atomic E-state index is 5.38. The molecule has 0 bridgehead atoms. The van der Waals surface area contributed by atoms with Crippen molar-refractivity contribution in [1.29, 1.82) is 0 Å². The maximum Gasteiger partial charge on any atom is 0.157 e. The van der Waals surface area contributed by atoms with Crippen LogP contribution in [-0.4, -0.2) is 36.2 Å². The average molecular weight is 258 g/mol. The molecule has 0 saturated heterocycles. The summed E-state index contributed by atoms with van der Waals surface area (Å²) in [7, 11) is 1.74. The van der Waals surface area contributed by atoms with Crippen LogP contribution in [0.3, 0.4) is 0 Å². The first-order valence-electron chi connectivity index (χ1n) is 6.22. The van der Waals surface area contributed by atoms with Crippen LogP contribution in [0.2, 0.25) is 0 Å². The van der Waals surface area contributed by atoms with Crippen LogP contribution in [0, 0.1) is 5.41 Å². The molecule has 1 unspecified atom stereocenters. The zero-order valence-corrected chi connectivity index (χ0v) is 12.8. The van der Waals surface area contributed by atoms with Crippen LogP contribution in [0.4, 0.5) is 0 Å². The molecular formula is C13H26N2OS. The molecule has 1 N–H and O–H groups in total. The lowest BCUT2D eigenvalue weighted by atomic mass is 9.90. The van der Waals surface area contributed by atoms with Gasteiger partial charge < -0.3 is 10.1 Å². The number of methoxy groups -OCH3 is 1. The molecule has 0 radical (unpaired) electrons. The summed E-state index contributed by atoms with van der Waals surface area (Å²) in [5.74, 6) is 0. The van der Waals surface area contributed by atoms with Gasteiger partial charge >= 0.3 is 0 Å². The van der Waals surface area contributed by atoms with Gasteiger partial charge in [-0.3, -0.25) is 4.99 Å². The molecule has 0 fully saturated rings. The molecule has 100 valence electrons. The van der Waals surface area contributed by atoms with E-state index < -0.39 is 0 Å². The Balaban J connectivity index is 2.31. The normalized spacial score (nSPS) is 21.5. The van der Waals surface area contributed by atoms with Crippen LogP contribution in [0.25, 0.3) is 0 Å². The van der Waals surface area contributed by atoms with Gasteiger partial charge in [-0.05, 0) is 25.7 Å². The van der Waals surface area contributed by atoms with Crippen molar-refractivity contribution in [2.45, 2.75) is 51.9 Å². The van der Waals surface area contributed by atoms with Gasteiger partial charge in [-0.25, -0.2) is 0 Å². The largest absolute Gasteiger partial charge is 0.377 e. The monoisotopic (exact) mass is 258 g/mol. The lowest BCUT2D eigenvalue weighted by molar-refractivity contribution is 0.0271. The number of ether oxygens (including phenoxy) is 1. The van der Waals surface area contributed by atoms with Gasteiger partial charge in [0.05, 0.1) is 12.1 Å². The van der Waals surface area contributed by atoms with Crippen molar-refractivity contribution >= 4 is 16.9 Å². The van der Waals surface area contributed by atoms with E-state index in [1.807, 2.05) is 11.8 Å². The minimum Gasteiger partial charge on any atom is -0.377 e. The van der Waals surface area contributed by atoms with Crippen LogP contribution in [0.15, 0.2) is 4.99 Å². The number of nitrogens with zero attached hydrogens (tertiary/aromatic N) is 1. The molecule has 0 amide bonds. The van der Waals surface area contributed by atoms with Gasteiger partial charge in [0.15, 0.2) is 5.17 Å². The number of hydrogen-bond donors (Lipinski definition) is 1. The number of hydrogen-bond acceptors (Lipinski definition) is 4. The first kappa shape index (κ1) is 14.8. The van der Waals surface area contributed by atoms with Crippen molar-refractivity contribution in [1.82, 2.24) is 5.32 Å². The topological polar surface area (TPSA) is 33.6 Å². The Morgan fingerprint density at radius 1 is 1.35 bits per heavy atom. The summed E-state index contributed by atoms with van der Waals surface area (Å²) in [5, 5.41) is 5.08. The van der Waals surface area contributed by atoms with E-state index in [0.29, 0.717) is 10.7 Å². The second-order valence-corrected chi connectivity index (χ2v) is 7.76. The van der Waals surface area contributed by atoms with Crippen LogP contribution in [0.5, 0.6) is 0 Å². The maximum absolute atomic E-state index is 5.38. The first-order chi connectivity index (χ1) is 7.72. The molecule has 17 heavy (non-hydrogen) atoms. The van der Waals surface area contributed by atoms with Crippen molar-refractivity contribution in [3.05, 3.63) is 0 Å². The molecule has 1 aliphatic heterocycles.